The number of benzene rings is 1. The summed E-state index contributed by atoms with van der Waals surface area (Å²) in [6.07, 6.45) is 0.101. The third-order valence-electron chi connectivity index (χ3n) is 2.75. The molecule has 0 aliphatic rings. The number of carboxylic acid groups (broad SMARTS) is 1. The van der Waals surface area contributed by atoms with E-state index in [-0.39, 0.29) is 30.3 Å². The molecule has 0 heterocycles. The Kier molecular flexibility index (Phi) is 5.64. The maximum absolute atomic E-state index is 13.2. The lowest BCUT2D eigenvalue weighted by Gasteiger charge is -2.25. The molecule has 0 atom stereocenters. The highest BCUT2D eigenvalue weighted by molar-refractivity contribution is 7.89. The van der Waals surface area contributed by atoms with E-state index in [0.29, 0.717) is 0 Å². The summed E-state index contributed by atoms with van der Waals surface area (Å²) >= 11 is 0. The van der Waals surface area contributed by atoms with E-state index in [1.165, 1.54) is 22.5 Å². The second kappa shape index (κ2) is 6.81. The van der Waals surface area contributed by atoms with Crippen LogP contribution in [0, 0.1) is 5.82 Å². The summed E-state index contributed by atoms with van der Waals surface area (Å²) in [5.41, 5.74) is 0. The van der Waals surface area contributed by atoms with Crippen molar-refractivity contribution in [1.82, 2.24) is 4.31 Å². The topological polar surface area (TPSA) is 74.7 Å². The van der Waals surface area contributed by atoms with Crippen LogP contribution >= 0.6 is 0 Å². The quantitative estimate of drug-likeness (QED) is 0.837. The third-order valence-corrected chi connectivity index (χ3v) is 4.82. The SMILES string of the molecule is CC(C)N(CCCC(=O)O)S(=O)(=O)c1cccc(F)c1. The summed E-state index contributed by atoms with van der Waals surface area (Å²) in [5.74, 6) is -1.60. The van der Waals surface area contributed by atoms with Gasteiger partial charge in [0, 0.05) is 19.0 Å². The van der Waals surface area contributed by atoms with Crippen LogP contribution in [0.25, 0.3) is 0 Å². The molecular formula is C13H18FNO4S. The average Bonchev–Trinajstić information content (AvgIpc) is 2.33. The minimum absolute atomic E-state index is 0.0861. The molecule has 1 N–H and O–H groups in total. The van der Waals surface area contributed by atoms with Crippen LogP contribution in [0.5, 0.6) is 0 Å². The van der Waals surface area contributed by atoms with Gasteiger partial charge < -0.3 is 5.11 Å². The summed E-state index contributed by atoms with van der Waals surface area (Å²) in [4.78, 5) is 10.4. The molecule has 7 heteroatoms. The van der Waals surface area contributed by atoms with Gasteiger partial charge in [-0.15, -0.1) is 0 Å². The molecule has 0 bridgehead atoms. The molecule has 0 saturated heterocycles. The molecular weight excluding hydrogens is 285 g/mol. The van der Waals surface area contributed by atoms with Crippen molar-refractivity contribution in [2.75, 3.05) is 6.54 Å². The number of hydrogen-bond donors (Lipinski definition) is 1. The highest BCUT2D eigenvalue weighted by Crippen LogP contribution is 2.19. The van der Waals surface area contributed by atoms with Crippen molar-refractivity contribution in [2.24, 2.45) is 0 Å². The first-order valence-corrected chi connectivity index (χ1v) is 7.68. The van der Waals surface area contributed by atoms with Crippen LogP contribution in [0.1, 0.15) is 26.7 Å². The first-order chi connectivity index (χ1) is 9.25. The number of aliphatic carboxylic acids is 1. The van der Waals surface area contributed by atoms with E-state index < -0.39 is 21.8 Å². The van der Waals surface area contributed by atoms with Crippen molar-refractivity contribution in [1.29, 1.82) is 0 Å². The highest BCUT2D eigenvalue weighted by atomic mass is 32.2. The normalized spacial score (nSPS) is 12.1. The zero-order valence-electron chi connectivity index (χ0n) is 11.4. The molecule has 0 saturated carbocycles. The molecule has 1 aromatic rings. The van der Waals surface area contributed by atoms with Gasteiger partial charge in [-0.1, -0.05) is 6.07 Å². The van der Waals surface area contributed by atoms with Gasteiger partial charge in [0.2, 0.25) is 10.0 Å². The average molecular weight is 303 g/mol. The van der Waals surface area contributed by atoms with Gasteiger partial charge in [0.25, 0.3) is 0 Å². The van der Waals surface area contributed by atoms with Gasteiger partial charge in [-0.2, -0.15) is 4.31 Å². The van der Waals surface area contributed by atoms with E-state index in [1.54, 1.807) is 13.8 Å². The predicted molar refractivity (Wildman–Crippen MR) is 72.3 cm³/mol. The number of hydrogen-bond acceptors (Lipinski definition) is 3. The van der Waals surface area contributed by atoms with Gasteiger partial charge in [-0.05, 0) is 38.5 Å². The van der Waals surface area contributed by atoms with E-state index in [2.05, 4.69) is 0 Å². The summed E-state index contributed by atoms with van der Waals surface area (Å²) < 4.78 is 39.2. The molecule has 1 aromatic carbocycles. The smallest absolute Gasteiger partial charge is 0.303 e. The Hall–Kier alpha value is -1.47. The van der Waals surface area contributed by atoms with E-state index in [4.69, 9.17) is 5.11 Å². The Balaban J connectivity index is 2.97. The Morgan fingerprint density at radius 2 is 2.05 bits per heavy atom. The lowest BCUT2D eigenvalue weighted by Crippen LogP contribution is -2.37. The van der Waals surface area contributed by atoms with Gasteiger partial charge in [0.15, 0.2) is 0 Å². The molecule has 20 heavy (non-hydrogen) atoms. The van der Waals surface area contributed by atoms with Crippen molar-refractivity contribution in [3.63, 3.8) is 0 Å². The summed E-state index contributed by atoms with van der Waals surface area (Å²) in [5, 5.41) is 8.60. The first kappa shape index (κ1) is 16.6. The maximum Gasteiger partial charge on any atom is 0.303 e. The number of nitrogens with zero attached hydrogens (tertiary/aromatic N) is 1. The monoisotopic (exact) mass is 303 g/mol. The standard InChI is InChI=1S/C13H18FNO4S/c1-10(2)15(8-4-7-13(16)17)20(18,19)12-6-3-5-11(14)9-12/h3,5-6,9-10H,4,7-8H2,1-2H3,(H,16,17). The van der Waals surface area contributed by atoms with Gasteiger partial charge in [0.05, 0.1) is 4.90 Å². The van der Waals surface area contributed by atoms with Crippen LogP contribution in [-0.4, -0.2) is 36.4 Å². The van der Waals surface area contributed by atoms with E-state index in [9.17, 15) is 17.6 Å². The number of halogens is 1. The van der Waals surface area contributed by atoms with Gasteiger partial charge in [-0.3, -0.25) is 4.79 Å². The first-order valence-electron chi connectivity index (χ1n) is 6.24. The van der Waals surface area contributed by atoms with Crippen molar-refractivity contribution in [3.8, 4) is 0 Å². The molecule has 0 aliphatic heterocycles. The van der Waals surface area contributed by atoms with Gasteiger partial charge in [0.1, 0.15) is 5.82 Å². The minimum Gasteiger partial charge on any atom is -0.481 e. The van der Waals surface area contributed by atoms with Gasteiger partial charge in [-0.25, -0.2) is 12.8 Å². The zero-order chi connectivity index (χ0) is 15.3. The van der Waals surface area contributed by atoms with Crippen LogP contribution in [0.15, 0.2) is 29.2 Å². The van der Waals surface area contributed by atoms with Crippen LogP contribution in [0.4, 0.5) is 4.39 Å². The summed E-state index contributed by atoms with van der Waals surface area (Å²) in [6.45, 7) is 3.47. The molecule has 0 spiro atoms. The molecule has 0 aliphatic carbocycles. The number of carboxylic acids is 1. The van der Waals surface area contributed by atoms with Crippen molar-refractivity contribution >= 4 is 16.0 Å². The van der Waals surface area contributed by atoms with Crippen LogP contribution in [0.3, 0.4) is 0 Å². The van der Waals surface area contributed by atoms with Crippen LogP contribution in [-0.2, 0) is 14.8 Å². The molecule has 0 amide bonds. The molecule has 0 aromatic heterocycles. The number of carbonyl (C=O) groups is 1. The third kappa shape index (κ3) is 4.28. The Bertz CT molecular complexity index is 571. The fraction of sp³-hybridized carbons (Fsp3) is 0.462. The fourth-order valence-electron chi connectivity index (χ4n) is 1.80. The van der Waals surface area contributed by atoms with Gasteiger partial charge >= 0.3 is 5.97 Å². The molecule has 5 nitrogen and oxygen atoms in total. The second-order valence-electron chi connectivity index (χ2n) is 4.66. The lowest BCUT2D eigenvalue weighted by atomic mass is 10.3. The number of rotatable bonds is 7. The maximum atomic E-state index is 13.2. The molecule has 0 radical (unpaired) electrons. The minimum atomic E-state index is -3.82. The van der Waals surface area contributed by atoms with E-state index in [1.807, 2.05) is 0 Å². The van der Waals surface area contributed by atoms with Crippen molar-refractivity contribution in [2.45, 2.75) is 37.6 Å². The van der Waals surface area contributed by atoms with E-state index >= 15 is 0 Å². The Morgan fingerprint density at radius 1 is 1.40 bits per heavy atom. The molecule has 1 rings (SSSR count). The predicted octanol–water partition coefficient (Wildman–Crippen LogP) is 2.09. The second-order valence-corrected chi connectivity index (χ2v) is 6.55. The molecule has 0 unspecified atom stereocenters. The fourth-order valence-corrected chi connectivity index (χ4v) is 3.51. The largest absolute Gasteiger partial charge is 0.481 e. The summed E-state index contributed by atoms with van der Waals surface area (Å²) in [7, 11) is -3.82. The Morgan fingerprint density at radius 3 is 2.55 bits per heavy atom. The summed E-state index contributed by atoms with van der Waals surface area (Å²) in [6, 6.07) is 4.45. The zero-order valence-corrected chi connectivity index (χ0v) is 12.2. The molecule has 0 fully saturated rings. The van der Waals surface area contributed by atoms with Crippen LogP contribution < -0.4 is 0 Å². The van der Waals surface area contributed by atoms with E-state index in [0.717, 1.165) is 6.07 Å². The number of sulfonamides is 1. The van der Waals surface area contributed by atoms with Crippen LogP contribution in [0.2, 0.25) is 0 Å². The van der Waals surface area contributed by atoms with Crippen molar-refractivity contribution in [3.05, 3.63) is 30.1 Å². The lowest BCUT2D eigenvalue weighted by molar-refractivity contribution is -0.137. The Labute approximate surface area is 118 Å². The van der Waals surface area contributed by atoms with Crippen molar-refractivity contribution < 1.29 is 22.7 Å². The molecule has 112 valence electrons. The highest BCUT2D eigenvalue weighted by Gasteiger charge is 2.27.